The van der Waals surface area contributed by atoms with Crippen molar-refractivity contribution in [1.82, 2.24) is 20.4 Å². The van der Waals surface area contributed by atoms with Crippen molar-refractivity contribution in [1.29, 1.82) is 0 Å². The van der Waals surface area contributed by atoms with Crippen LogP contribution < -0.4 is 10.6 Å². The van der Waals surface area contributed by atoms with Crippen LogP contribution in [0.15, 0.2) is 54.6 Å². The number of nitrogens with zero attached hydrogens (tertiary/aromatic N) is 2. The summed E-state index contributed by atoms with van der Waals surface area (Å²) < 4.78 is 14.6. The maximum atomic E-state index is 14.6. The molecule has 0 radical (unpaired) electrons. The fraction of sp³-hybridized carbons (Fsp3) is 0.588. The van der Waals surface area contributed by atoms with Gasteiger partial charge in [0.2, 0.25) is 11.8 Å². The fourth-order valence-corrected chi connectivity index (χ4v) is 6.63. The average molecular weight is 579 g/mol. The first-order valence-electron chi connectivity index (χ1n) is 15.7. The Morgan fingerprint density at radius 3 is 2.55 bits per heavy atom. The predicted octanol–water partition coefficient (Wildman–Crippen LogP) is 3.80. The van der Waals surface area contributed by atoms with Gasteiger partial charge in [0.05, 0.1) is 12.1 Å². The van der Waals surface area contributed by atoms with Crippen LogP contribution in [0.5, 0.6) is 0 Å². The van der Waals surface area contributed by atoms with Gasteiger partial charge >= 0.3 is 0 Å². The van der Waals surface area contributed by atoms with E-state index < -0.39 is 29.9 Å². The van der Waals surface area contributed by atoms with E-state index in [1.54, 1.807) is 11.8 Å². The molecule has 1 aliphatic carbocycles. The summed E-state index contributed by atoms with van der Waals surface area (Å²) in [5.41, 5.74) is 2.60. The summed E-state index contributed by atoms with van der Waals surface area (Å²) in [5, 5.41) is 17.7. The van der Waals surface area contributed by atoms with Crippen molar-refractivity contribution in [3.63, 3.8) is 0 Å². The molecule has 2 amide bonds. The lowest BCUT2D eigenvalue weighted by Crippen LogP contribution is -2.57. The molecule has 3 N–H and O–H groups in total. The maximum absolute atomic E-state index is 14.6. The Morgan fingerprint density at radius 2 is 1.83 bits per heavy atom. The monoisotopic (exact) mass is 578 g/mol. The van der Waals surface area contributed by atoms with Crippen molar-refractivity contribution in [3.8, 4) is 0 Å². The molecule has 8 heteroatoms. The van der Waals surface area contributed by atoms with Crippen molar-refractivity contribution < 1.29 is 19.1 Å². The molecule has 7 nitrogen and oxygen atoms in total. The molecule has 3 fully saturated rings. The van der Waals surface area contributed by atoms with Gasteiger partial charge in [-0.3, -0.25) is 14.5 Å². The number of alkyl halides is 1. The number of hydrogen-bond acceptors (Lipinski definition) is 5. The standard InChI is InChI=1S/C34H47FN4O3/c1-23(2)28-11-7-10-27(16-28)19-36-20-31(40)30(17-25-8-5-4-6-9-25)37-32(41)24(3)39-15-14-34(33(39)42)18-29(35)22-38(34)21-26-12-13-26/h4-11,16,23-24,26,29-31,36,40H,12-15,17-22H2,1-3H3,(H,37,41)/t24-,29-,30-,31+,34-/m0/s1. The zero-order chi connectivity index (χ0) is 29.9. The molecule has 42 heavy (non-hydrogen) atoms. The van der Waals surface area contributed by atoms with E-state index in [4.69, 9.17) is 0 Å². The Hall–Kier alpha value is -2.81. The largest absolute Gasteiger partial charge is 0.390 e. The highest BCUT2D eigenvalue weighted by Crippen LogP contribution is 2.43. The number of carbonyl (C=O) groups is 2. The lowest BCUT2D eigenvalue weighted by molar-refractivity contribution is -0.143. The summed E-state index contributed by atoms with van der Waals surface area (Å²) in [6.45, 7) is 8.49. The van der Waals surface area contributed by atoms with Crippen LogP contribution >= 0.6 is 0 Å². The first-order valence-corrected chi connectivity index (χ1v) is 15.7. The molecular formula is C34H47FN4O3. The number of rotatable bonds is 13. The van der Waals surface area contributed by atoms with Crippen molar-refractivity contribution in [2.75, 3.05) is 26.2 Å². The average Bonchev–Trinajstić information content (AvgIpc) is 3.66. The number of likely N-dealkylation sites (tertiary alicyclic amines) is 2. The van der Waals surface area contributed by atoms with Crippen LogP contribution in [-0.4, -0.2) is 82.8 Å². The Bertz CT molecular complexity index is 1220. The predicted molar refractivity (Wildman–Crippen MR) is 163 cm³/mol. The van der Waals surface area contributed by atoms with E-state index in [1.807, 2.05) is 30.3 Å². The van der Waals surface area contributed by atoms with Gasteiger partial charge in [-0.2, -0.15) is 0 Å². The van der Waals surface area contributed by atoms with Crippen molar-refractivity contribution in [3.05, 3.63) is 71.3 Å². The SMILES string of the molecule is CC(C)c1cccc(CNC[C@@H](O)[C@H](Cc2ccccc2)NC(=O)[C@H](C)N2CC[C@]3(C[C@H](F)CN3CC3CC3)C2=O)c1. The molecule has 2 saturated heterocycles. The lowest BCUT2D eigenvalue weighted by atomic mass is 9.93. The van der Waals surface area contributed by atoms with E-state index in [-0.39, 0.29) is 18.2 Å². The van der Waals surface area contributed by atoms with Crippen molar-refractivity contribution in [2.24, 2.45) is 5.92 Å². The molecule has 1 saturated carbocycles. The van der Waals surface area contributed by atoms with Gasteiger partial charge in [0.15, 0.2) is 0 Å². The molecule has 2 aliphatic heterocycles. The van der Waals surface area contributed by atoms with E-state index in [1.165, 1.54) is 5.56 Å². The lowest BCUT2D eigenvalue weighted by Gasteiger charge is -2.34. The van der Waals surface area contributed by atoms with Crippen LogP contribution in [0.1, 0.15) is 69.1 Å². The summed E-state index contributed by atoms with van der Waals surface area (Å²) in [6.07, 6.45) is 1.66. The number of benzene rings is 2. The normalized spacial score (nSPS) is 24.9. The van der Waals surface area contributed by atoms with Gasteiger partial charge in [0.1, 0.15) is 17.8 Å². The number of hydrogen-bond donors (Lipinski definition) is 3. The number of amides is 2. The van der Waals surface area contributed by atoms with Crippen LogP contribution in [0.3, 0.4) is 0 Å². The Balaban J connectivity index is 1.22. The van der Waals surface area contributed by atoms with E-state index in [0.29, 0.717) is 50.9 Å². The molecule has 0 unspecified atom stereocenters. The second kappa shape index (κ2) is 13.2. The third-order valence-corrected chi connectivity index (χ3v) is 9.42. The van der Waals surface area contributed by atoms with Crippen LogP contribution in [0.2, 0.25) is 0 Å². The van der Waals surface area contributed by atoms with Crippen LogP contribution in [0, 0.1) is 5.92 Å². The molecule has 5 rings (SSSR count). The van der Waals surface area contributed by atoms with Gasteiger partial charge < -0.3 is 20.6 Å². The third kappa shape index (κ3) is 7.04. The fourth-order valence-electron chi connectivity index (χ4n) is 6.63. The maximum Gasteiger partial charge on any atom is 0.243 e. The molecule has 0 aromatic heterocycles. The Morgan fingerprint density at radius 1 is 1.10 bits per heavy atom. The quantitative estimate of drug-likeness (QED) is 0.337. The molecule has 2 heterocycles. The van der Waals surface area contributed by atoms with Gasteiger partial charge in [0.25, 0.3) is 0 Å². The number of aliphatic hydroxyl groups excluding tert-OH is 1. The van der Waals surface area contributed by atoms with Gasteiger partial charge in [-0.15, -0.1) is 0 Å². The minimum Gasteiger partial charge on any atom is -0.390 e. The molecule has 2 aromatic rings. The highest BCUT2D eigenvalue weighted by molar-refractivity contribution is 5.94. The summed E-state index contributed by atoms with van der Waals surface area (Å²) in [7, 11) is 0. The summed E-state index contributed by atoms with van der Waals surface area (Å²) in [6, 6.07) is 16.9. The highest BCUT2D eigenvalue weighted by Gasteiger charge is 2.58. The van der Waals surface area contributed by atoms with Crippen LogP contribution in [0.25, 0.3) is 0 Å². The molecular weight excluding hydrogens is 531 g/mol. The zero-order valence-corrected chi connectivity index (χ0v) is 25.3. The zero-order valence-electron chi connectivity index (χ0n) is 25.3. The van der Waals surface area contributed by atoms with Crippen LogP contribution in [-0.2, 0) is 22.6 Å². The third-order valence-electron chi connectivity index (χ3n) is 9.42. The minimum atomic E-state index is -1.01. The number of aliphatic hydroxyl groups is 1. The van der Waals surface area contributed by atoms with Gasteiger partial charge in [-0.1, -0.05) is 68.4 Å². The summed E-state index contributed by atoms with van der Waals surface area (Å²) in [5.74, 6) is 0.571. The van der Waals surface area contributed by atoms with Crippen molar-refractivity contribution >= 4 is 11.8 Å². The number of carbonyl (C=O) groups excluding carboxylic acids is 2. The molecule has 3 aliphatic rings. The molecule has 0 bridgehead atoms. The number of halogens is 1. The number of nitrogens with one attached hydrogen (secondary N) is 2. The molecule has 2 aromatic carbocycles. The van der Waals surface area contributed by atoms with Crippen molar-refractivity contribution in [2.45, 2.75) is 95.2 Å². The summed E-state index contributed by atoms with van der Waals surface area (Å²) in [4.78, 5) is 31.0. The van der Waals surface area contributed by atoms with E-state index in [2.05, 4.69) is 53.6 Å². The second-order valence-electron chi connectivity index (χ2n) is 13.0. The molecule has 228 valence electrons. The minimum absolute atomic E-state index is 0.128. The van der Waals surface area contributed by atoms with Gasteiger partial charge in [0, 0.05) is 39.1 Å². The first-order chi connectivity index (χ1) is 20.2. The second-order valence-corrected chi connectivity index (χ2v) is 13.0. The smallest absolute Gasteiger partial charge is 0.243 e. The topological polar surface area (TPSA) is 84.9 Å². The van der Waals surface area contributed by atoms with E-state index in [9.17, 15) is 19.1 Å². The molecule has 5 atom stereocenters. The van der Waals surface area contributed by atoms with Crippen LogP contribution in [0.4, 0.5) is 4.39 Å². The van der Waals surface area contributed by atoms with Gasteiger partial charge in [-0.05, 0) is 61.1 Å². The van der Waals surface area contributed by atoms with Gasteiger partial charge in [-0.25, -0.2) is 4.39 Å². The summed E-state index contributed by atoms with van der Waals surface area (Å²) >= 11 is 0. The first kappa shape index (κ1) is 30.6. The highest BCUT2D eigenvalue weighted by atomic mass is 19.1. The Kier molecular flexibility index (Phi) is 9.65. The Labute approximate surface area is 249 Å². The van der Waals surface area contributed by atoms with E-state index in [0.717, 1.165) is 30.5 Å². The molecule has 1 spiro atoms. The van der Waals surface area contributed by atoms with E-state index >= 15 is 0 Å².